The molecule has 4 nitrogen and oxygen atoms in total. The van der Waals surface area contributed by atoms with Gasteiger partial charge in [-0.3, -0.25) is 4.79 Å². The van der Waals surface area contributed by atoms with E-state index in [0.717, 1.165) is 50.1 Å². The van der Waals surface area contributed by atoms with Gasteiger partial charge in [0.25, 0.3) is 5.91 Å². The lowest BCUT2D eigenvalue weighted by molar-refractivity contribution is 0.0510. The van der Waals surface area contributed by atoms with Gasteiger partial charge in [-0.2, -0.15) is 0 Å². The van der Waals surface area contributed by atoms with Gasteiger partial charge >= 0.3 is 0 Å². The molecule has 0 aromatic heterocycles. The van der Waals surface area contributed by atoms with Crippen molar-refractivity contribution in [3.63, 3.8) is 0 Å². The zero-order valence-electron chi connectivity index (χ0n) is 14.0. The maximum absolute atomic E-state index is 12.5. The number of carbonyl (C=O) groups excluding carboxylic acids is 1. The van der Waals surface area contributed by atoms with Crippen LogP contribution in [0.15, 0.2) is 24.3 Å². The minimum absolute atomic E-state index is 0.0407. The van der Waals surface area contributed by atoms with Crippen molar-refractivity contribution in [3.8, 4) is 0 Å². The van der Waals surface area contributed by atoms with E-state index in [2.05, 4.69) is 23.2 Å². The van der Waals surface area contributed by atoms with Crippen LogP contribution in [0.4, 0.5) is 0 Å². The van der Waals surface area contributed by atoms with Crippen LogP contribution in [0, 0.1) is 5.92 Å². The van der Waals surface area contributed by atoms with Gasteiger partial charge in [0.05, 0.1) is 0 Å². The number of hydrogen-bond donors (Lipinski definition) is 1. The molecule has 22 heavy (non-hydrogen) atoms. The van der Waals surface area contributed by atoms with Crippen LogP contribution in [-0.4, -0.2) is 44.2 Å². The monoisotopic (exact) mass is 304 g/mol. The first kappa shape index (κ1) is 17.0. The van der Waals surface area contributed by atoms with Crippen LogP contribution in [-0.2, 0) is 11.3 Å². The van der Waals surface area contributed by atoms with E-state index >= 15 is 0 Å². The lowest BCUT2D eigenvalue weighted by atomic mass is 9.90. The van der Waals surface area contributed by atoms with Gasteiger partial charge in [0, 0.05) is 31.4 Å². The van der Waals surface area contributed by atoms with Gasteiger partial charge in [-0.25, -0.2) is 0 Å². The number of ether oxygens (including phenoxy) is 1. The van der Waals surface area contributed by atoms with Crippen LogP contribution in [0.1, 0.15) is 42.1 Å². The van der Waals surface area contributed by atoms with Crippen LogP contribution in [0.2, 0.25) is 0 Å². The quantitative estimate of drug-likeness (QED) is 0.878. The van der Waals surface area contributed by atoms with Crippen molar-refractivity contribution >= 4 is 5.91 Å². The molecule has 0 bridgehead atoms. The molecule has 1 aliphatic heterocycles. The van der Waals surface area contributed by atoms with Gasteiger partial charge in [0.1, 0.15) is 0 Å². The maximum atomic E-state index is 12.5. The number of hydrogen-bond acceptors (Lipinski definition) is 3. The summed E-state index contributed by atoms with van der Waals surface area (Å²) in [5.41, 5.74) is 1.92. The molecule has 4 heteroatoms. The Labute approximate surface area is 133 Å². The molecule has 1 saturated heterocycles. The first-order valence-corrected chi connectivity index (χ1v) is 8.22. The lowest BCUT2D eigenvalue weighted by Crippen LogP contribution is -2.42. The van der Waals surface area contributed by atoms with Crippen molar-refractivity contribution in [2.45, 2.75) is 38.8 Å². The van der Waals surface area contributed by atoms with Crippen LogP contribution < -0.4 is 5.32 Å². The predicted octanol–water partition coefficient (Wildman–Crippen LogP) is 2.68. The smallest absolute Gasteiger partial charge is 0.251 e. The first-order valence-electron chi connectivity index (χ1n) is 8.22. The van der Waals surface area contributed by atoms with E-state index in [1.165, 1.54) is 0 Å². The standard InChI is InChI=1S/C18H28N2O2/c1-4-17(15-8-10-22-11-9-15)19-18(21)16-7-5-6-14(12-16)13-20(2)3/h5-7,12,15,17H,4,8-11,13H2,1-3H3,(H,19,21)/t17-/m1/s1. The highest BCUT2D eigenvalue weighted by Gasteiger charge is 2.24. The first-order chi connectivity index (χ1) is 10.6. The zero-order chi connectivity index (χ0) is 15.9. The minimum atomic E-state index is 0.0407. The summed E-state index contributed by atoms with van der Waals surface area (Å²) < 4.78 is 5.42. The summed E-state index contributed by atoms with van der Waals surface area (Å²) >= 11 is 0. The summed E-state index contributed by atoms with van der Waals surface area (Å²) in [7, 11) is 4.07. The summed E-state index contributed by atoms with van der Waals surface area (Å²) in [6, 6.07) is 8.15. The number of carbonyl (C=O) groups is 1. The second-order valence-corrected chi connectivity index (χ2v) is 6.38. The Morgan fingerprint density at radius 2 is 2.09 bits per heavy atom. The fourth-order valence-electron chi connectivity index (χ4n) is 3.10. The topological polar surface area (TPSA) is 41.6 Å². The summed E-state index contributed by atoms with van der Waals surface area (Å²) in [6.07, 6.45) is 3.05. The number of amides is 1. The van der Waals surface area contributed by atoms with E-state index < -0.39 is 0 Å². The molecule has 1 atom stereocenters. The third-order valence-corrected chi connectivity index (χ3v) is 4.28. The predicted molar refractivity (Wildman–Crippen MR) is 88.9 cm³/mol. The van der Waals surface area contributed by atoms with Gasteiger partial charge in [-0.05, 0) is 57.0 Å². The average Bonchev–Trinajstić information content (AvgIpc) is 2.53. The molecule has 1 aromatic rings. The van der Waals surface area contributed by atoms with Gasteiger partial charge in [0.2, 0.25) is 0 Å². The Morgan fingerprint density at radius 1 is 1.36 bits per heavy atom. The van der Waals surface area contributed by atoms with E-state index in [1.807, 2.05) is 32.3 Å². The van der Waals surface area contributed by atoms with E-state index in [1.54, 1.807) is 0 Å². The molecule has 1 fully saturated rings. The molecule has 0 aliphatic carbocycles. The molecule has 1 heterocycles. The molecule has 0 spiro atoms. The van der Waals surface area contributed by atoms with Crippen molar-refractivity contribution in [1.29, 1.82) is 0 Å². The second kappa shape index (κ2) is 8.30. The SMILES string of the molecule is CC[C@@H](NC(=O)c1cccc(CN(C)C)c1)C1CCOCC1. The maximum Gasteiger partial charge on any atom is 0.251 e. The summed E-state index contributed by atoms with van der Waals surface area (Å²) in [6.45, 7) is 4.62. The van der Waals surface area contributed by atoms with Crippen molar-refractivity contribution in [2.75, 3.05) is 27.3 Å². The molecule has 2 rings (SSSR count). The Balaban J connectivity index is 2.00. The highest BCUT2D eigenvalue weighted by atomic mass is 16.5. The largest absolute Gasteiger partial charge is 0.381 e. The van der Waals surface area contributed by atoms with E-state index in [9.17, 15) is 4.79 Å². The van der Waals surface area contributed by atoms with Crippen molar-refractivity contribution < 1.29 is 9.53 Å². The molecule has 1 amide bonds. The van der Waals surface area contributed by atoms with Gasteiger partial charge in [-0.15, -0.1) is 0 Å². The van der Waals surface area contributed by atoms with Crippen LogP contribution in [0.3, 0.4) is 0 Å². The molecule has 0 unspecified atom stereocenters. The Hall–Kier alpha value is -1.39. The van der Waals surface area contributed by atoms with Gasteiger partial charge < -0.3 is 15.0 Å². The molecular formula is C18H28N2O2. The average molecular weight is 304 g/mol. The molecule has 122 valence electrons. The molecule has 1 aliphatic rings. The Morgan fingerprint density at radius 3 is 2.73 bits per heavy atom. The van der Waals surface area contributed by atoms with E-state index in [-0.39, 0.29) is 11.9 Å². The summed E-state index contributed by atoms with van der Waals surface area (Å²) in [5, 5.41) is 3.23. The van der Waals surface area contributed by atoms with Crippen molar-refractivity contribution in [2.24, 2.45) is 5.92 Å². The number of nitrogens with one attached hydrogen (secondary N) is 1. The molecular weight excluding hydrogens is 276 g/mol. The third kappa shape index (κ3) is 4.82. The lowest BCUT2D eigenvalue weighted by Gasteiger charge is -2.30. The number of benzene rings is 1. The third-order valence-electron chi connectivity index (χ3n) is 4.28. The van der Waals surface area contributed by atoms with Crippen molar-refractivity contribution in [3.05, 3.63) is 35.4 Å². The summed E-state index contributed by atoms with van der Waals surface area (Å²) in [5.74, 6) is 0.576. The second-order valence-electron chi connectivity index (χ2n) is 6.38. The van der Waals surface area contributed by atoms with E-state index in [4.69, 9.17) is 4.74 Å². The van der Waals surface area contributed by atoms with Gasteiger partial charge in [0.15, 0.2) is 0 Å². The normalized spacial score (nSPS) is 17.5. The van der Waals surface area contributed by atoms with Crippen LogP contribution in [0.25, 0.3) is 0 Å². The Bertz CT molecular complexity index is 482. The molecule has 1 N–H and O–H groups in total. The fourth-order valence-corrected chi connectivity index (χ4v) is 3.10. The minimum Gasteiger partial charge on any atom is -0.381 e. The Kier molecular flexibility index (Phi) is 6.40. The number of nitrogens with zero attached hydrogens (tertiary/aromatic N) is 1. The number of rotatable bonds is 6. The molecule has 0 radical (unpaired) electrons. The van der Waals surface area contributed by atoms with Crippen molar-refractivity contribution in [1.82, 2.24) is 10.2 Å². The summed E-state index contributed by atoms with van der Waals surface area (Å²) in [4.78, 5) is 14.6. The van der Waals surface area contributed by atoms with Crippen LogP contribution in [0.5, 0.6) is 0 Å². The highest BCUT2D eigenvalue weighted by molar-refractivity contribution is 5.94. The van der Waals surface area contributed by atoms with E-state index in [0.29, 0.717) is 5.92 Å². The van der Waals surface area contributed by atoms with Gasteiger partial charge in [-0.1, -0.05) is 19.1 Å². The zero-order valence-corrected chi connectivity index (χ0v) is 14.0. The van der Waals surface area contributed by atoms with Crippen LogP contribution >= 0.6 is 0 Å². The molecule has 0 saturated carbocycles. The molecule has 1 aromatic carbocycles. The fraction of sp³-hybridized carbons (Fsp3) is 0.611. The highest BCUT2D eigenvalue weighted by Crippen LogP contribution is 2.21.